The normalized spacial score (nSPS) is 16.3. The van der Waals surface area contributed by atoms with Crippen LogP contribution in [0, 0.1) is 0 Å². The van der Waals surface area contributed by atoms with Gasteiger partial charge in [0.15, 0.2) is 0 Å². The molecule has 2 heterocycles. The molecule has 1 aliphatic heterocycles. The fourth-order valence-corrected chi connectivity index (χ4v) is 2.95. The van der Waals surface area contributed by atoms with Crippen molar-refractivity contribution in [1.82, 2.24) is 15.1 Å². The summed E-state index contributed by atoms with van der Waals surface area (Å²) in [6.07, 6.45) is 2.47. The van der Waals surface area contributed by atoms with E-state index in [4.69, 9.17) is 4.74 Å². The van der Waals surface area contributed by atoms with E-state index in [1.54, 1.807) is 0 Å². The number of nitrogens with one attached hydrogen (secondary N) is 1. The zero-order chi connectivity index (χ0) is 16.1. The molecule has 0 fully saturated rings. The van der Waals surface area contributed by atoms with E-state index in [0.29, 0.717) is 19.8 Å². The number of benzene rings is 1. The van der Waals surface area contributed by atoms with Crippen LogP contribution in [0.25, 0.3) is 11.3 Å². The van der Waals surface area contributed by atoms with Crippen molar-refractivity contribution < 1.29 is 9.84 Å². The molecule has 23 heavy (non-hydrogen) atoms. The number of fused-ring (bicyclic) bond motifs is 1. The Kier molecular flexibility index (Phi) is 5.43. The van der Waals surface area contributed by atoms with Gasteiger partial charge in [-0.2, -0.15) is 5.10 Å². The van der Waals surface area contributed by atoms with Crippen LogP contribution in [-0.4, -0.2) is 46.2 Å². The number of rotatable bonds is 7. The lowest BCUT2D eigenvalue weighted by atomic mass is 10.0. The molecule has 0 amide bonds. The average molecular weight is 315 g/mol. The molecule has 124 valence electrons. The number of hydrogen-bond acceptors (Lipinski definition) is 4. The number of aromatic amines is 1. The predicted molar refractivity (Wildman–Crippen MR) is 89.9 cm³/mol. The summed E-state index contributed by atoms with van der Waals surface area (Å²) in [6.45, 7) is 4.74. The molecule has 1 aromatic heterocycles. The Morgan fingerprint density at radius 2 is 2.17 bits per heavy atom. The molecular formula is C18H25N3O2. The topological polar surface area (TPSA) is 61.4 Å². The lowest BCUT2D eigenvalue weighted by Crippen LogP contribution is -2.41. The summed E-state index contributed by atoms with van der Waals surface area (Å²) in [6, 6.07) is 10.2. The number of hydrogen-bond donors (Lipinski definition) is 2. The Hall–Kier alpha value is -1.69. The van der Waals surface area contributed by atoms with Crippen LogP contribution in [0.5, 0.6) is 0 Å². The van der Waals surface area contributed by atoms with Crippen LogP contribution in [0.4, 0.5) is 0 Å². The standard InChI is InChI=1S/C18H25N3O2/c1-2-3-11-23-13-17(22)21-10-9-16-15(12-21)18(20-19-16)14-7-5-4-6-8-14/h4-8,17,22H,2-3,9-13H2,1H3,(H,19,20). The highest BCUT2D eigenvalue weighted by Gasteiger charge is 2.26. The lowest BCUT2D eigenvalue weighted by Gasteiger charge is -2.31. The molecular weight excluding hydrogens is 290 g/mol. The molecule has 2 N–H and O–H groups in total. The van der Waals surface area contributed by atoms with Crippen molar-refractivity contribution in [2.24, 2.45) is 0 Å². The molecule has 1 unspecified atom stereocenters. The summed E-state index contributed by atoms with van der Waals surface area (Å²) in [5.74, 6) is 0. The minimum Gasteiger partial charge on any atom is -0.377 e. The first-order chi connectivity index (χ1) is 11.3. The van der Waals surface area contributed by atoms with E-state index in [-0.39, 0.29) is 0 Å². The van der Waals surface area contributed by atoms with E-state index >= 15 is 0 Å². The zero-order valence-electron chi connectivity index (χ0n) is 13.7. The maximum Gasteiger partial charge on any atom is 0.131 e. The number of aromatic nitrogens is 2. The van der Waals surface area contributed by atoms with Crippen LogP contribution >= 0.6 is 0 Å². The second-order valence-corrected chi connectivity index (χ2v) is 6.02. The maximum atomic E-state index is 10.4. The van der Waals surface area contributed by atoms with Crippen molar-refractivity contribution in [2.75, 3.05) is 19.8 Å². The van der Waals surface area contributed by atoms with Gasteiger partial charge in [0.25, 0.3) is 0 Å². The first kappa shape index (κ1) is 16.2. The Balaban J connectivity index is 1.67. The van der Waals surface area contributed by atoms with Gasteiger partial charge in [-0.25, -0.2) is 0 Å². The third kappa shape index (κ3) is 3.80. The van der Waals surface area contributed by atoms with E-state index in [9.17, 15) is 5.11 Å². The van der Waals surface area contributed by atoms with E-state index < -0.39 is 6.23 Å². The van der Waals surface area contributed by atoms with E-state index in [1.807, 2.05) is 18.2 Å². The van der Waals surface area contributed by atoms with Crippen molar-refractivity contribution in [3.63, 3.8) is 0 Å². The third-order valence-electron chi connectivity index (χ3n) is 4.34. The molecule has 0 saturated heterocycles. The molecule has 0 spiro atoms. The van der Waals surface area contributed by atoms with Gasteiger partial charge in [-0.1, -0.05) is 43.7 Å². The molecule has 5 heteroatoms. The number of ether oxygens (including phenoxy) is 1. The van der Waals surface area contributed by atoms with Gasteiger partial charge < -0.3 is 9.84 Å². The highest BCUT2D eigenvalue weighted by molar-refractivity contribution is 5.64. The number of unbranched alkanes of at least 4 members (excludes halogenated alkanes) is 1. The van der Waals surface area contributed by atoms with Gasteiger partial charge >= 0.3 is 0 Å². The summed E-state index contributed by atoms with van der Waals surface area (Å²) in [4.78, 5) is 2.07. The van der Waals surface area contributed by atoms with Gasteiger partial charge in [-0.05, 0) is 6.42 Å². The van der Waals surface area contributed by atoms with Crippen molar-refractivity contribution >= 4 is 0 Å². The molecule has 3 rings (SSSR count). The summed E-state index contributed by atoms with van der Waals surface area (Å²) < 4.78 is 5.56. The Labute approximate surface area is 137 Å². The number of aliphatic hydroxyl groups excluding tert-OH is 1. The van der Waals surface area contributed by atoms with Crippen molar-refractivity contribution in [2.45, 2.75) is 39.0 Å². The zero-order valence-corrected chi connectivity index (χ0v) is 13.7. The Morgan fingerprint density at radius 1 is 1.35 bits per heavy atom. The third-order valence-corrected chi connectivity index (χ3v) is 4.34. The molecule has 0 aliphatic carbocycles. The molecule has 0 saturated carbocycles. The van der Waals surface area contributed by atoms with Gasteiger partial charge in [-0.15, -0.1) is 0 Å². The minimum atomic E-state index is -0.557. The van der Waals surface area contributed by atoms with Gasteiger partial charge in [0.05, 0.1) is 12.3 Å². The van der Waals surface area contributed by atoms with Crippen molar-refractivity contribution in [3.8, 4) is 11.3 Å². The summed E-state index contributed by atoms with van der Waals surface area (Å²) in [5, 5.41) is 18.0. The summed E-state index contributed by atoms with van der Waals surface area (Å²) in [7, 11) is 0. The van der Waals surface area contributed by atoms with E-state index in [2.05, 4.69) is 34.2 Å². The summed E-state index contributed by atoms with van der Waals surface area (Å²) in [5.41, 5.74) is 4.47. The predicted octanol–water partition coefficient (Wildman–Crippen LogP) is 2.57. The fraction of sp³-hybridized carbons (Fsp3) is 0.500. The quantitative estimate of drug-likeness (QED) is 0.771. The van der Waals surface area contributed by atoms with E-state index in [1.165, 1.54) is 11.3 Å². The second-order valence-electron chi connectivity index (χ2n) is 6.02. The number of H-pyrrole nitrogens is 1. The van der Waals surface area contributed by atoms with Crippen molar-refractivity contribution in [1.29, 1.82) is 0 Å². The van der Waals surface area contributed by atoms with Crippen LogP contribution in [-0.2, 0) is 17.7 Å². The molecule has 0 bridgehead atoms. The highest BCUT2D eigenvalue weighted by Crippen LogP contribution is 2.28. The Bertz CT molecular complexity index is 612. The maximum absolute atomic E-state index is 10.4. The average Bonchev–Trinajstić information content (AvgIpc) is 3.02. The highest BCUT2D eigenvalue weighted by atomic mass is 16.5. The largest absolute Gasteiger partial charge is 0.377 e. The van der Waals surface area contributed by atoms with Crippen LogP contribution in [0.15, 0.2) is 30.3 Å². The van der Waals surface area contributed by atoms with Gasteiger partial charge in [0, 0.05) is 42.9 Å². The molecule has 5 nitrogen and oxygen atoms in total. The molecule has 1 aliphatic rings. The van der Waals surface area contributed by atoms with E-state index in [0.717, 1.165) is 37.1 Å². The molecule has 1 aromatic carbocycles. The van der Waals surface area contributed by atoms with Crippen LogP contribution < -0.4 is 0 Å². The first-order valence-corrected chi connectivity index (χ1v) is 8.41. The fourth-order valence-electron chi connectivity index (χ4n) is 2.95. The smallest absolute Gasteiger partial charge is 0.131 e. The van der Waals surface area contributed by atoms with Gasteiger partial charge in [-0.3, -0.25) is 10.00 Å². The van der Waals surface area contributed by atoms with Gasteiger partial charge in [0.1, 0.15) is 6.23 Å². The molecule has 1 atom stereocenters. The second kappa shape index (κ2) is 7.73. The first-order valence-electron chi connectivity index (χ1n) is 8.41. The van der Waals surface area contributed by atoms with Crippen molar-refractivity contribution in [3.05, 3.63) is 41.6 Å². The minimum absolute atomic E-state index is 0.369. The van der Waals surface area contributed by atoms with Crippen LogP contribution in [0.1, 0.15) is 31.0 Å². The number of nitrogens with zero attached hydrogens (tertiary/aromatic N) is 2. The van der Waals surface area contributed by atoms with Crippen LogP contribution in [0.3, 0.4) is 0 Å². The molecule has 0 radical (unpaired) electrons. The Morgan fingerprint density at radius 3 is 2.96 bits per heavy atom. The lowest BCUT2D eigenvalue weighted by molar-refractivity contribution is -0.0650. The monoisotopic (exact) mass is 315 g/mol. The number of aliphatic hydroxyl groups is 1. The van der Waals surface area contributed by atoms with Crippen LogP contribution in [0.2, 0.25) is 0 Å². The summed E-state index contributed by atoms with van der Waals surface area (Å²) >= 11 is 0. The molecule has 2 aromatic rings. The van der Waals surface area contributed by atoms with Gasteiger partial charge in [0.2, 0.25) is 0 Å². The SMILES string of the molecule is CCCCOCC(O)N1CCc2[nH]nc(-c3ccccc3)c2C1.